The van der Waals surface area contributed by atoms with Crippen LogP contribution in [0, 0.1) is 10.5 Å². The fourth-order valence-corrected chi connectivity index (χ4v) is 0. The topological polar surface area (TPSA) is 20.2 Å². The Balaban J connectivity index is -0.0000000400. The summed E-state index contributed by atoms with van der Waals surface area (Å²) in [6, 6.07) is 0. The summed E-state index contributed by atoms with van der Waals surface area (Å²) < 4.78 is 2.28. The highest BCUT2D eigenvalue weighted by atomic mass is 79.9. The van der Waals surface area contributed by atoms with Crippen molar-refractivity contribution in [3.8, 4) is 10.5 Å². The molecular weight excluding hydrogens is 168 g/mol. The summed E-state index contributed by atoms with van der Waals surface area (Å²) in [6.07, 6.45) is 4.61. The predicted molar refractivity (Wildman–Crippen MR) is 37.7 cm³/mol. The van der Waals surface area contributed by atoms with Crippen molar-refractivity contribution < 1.29 is 5.11 Å². The minimum absolute atomic E-state index is 0. The van der Waals surface area contributed by atoms with Gasteiger partial charge in [0.25, 0.3) is 0 Å². The average Bonchev–Trinajstić information content (AvgIpc) is 1.39. The number of hydrogen-bond donors (Lipinski definition) is 1. The number of hydrogen-bond acceptors (Lipinski definition) is 1. The Morgan fingerprint density at radius 3 is 1.86 bits per heavy atom. The molecule has 0 unspecified atom stereocenters. The third kappa shape index (κ3) is 262. The molecule has 0 heterocycles. The van der Waals surface area contributed by atoms with Gasteiger partial charge < -0.3 is 5.11 Å². The molecule has 0 aromatic heterocycles. The number of halogens is 1. The summed E-state index contributed by atoms with van der Waals surface area (Å²) in [6.45, 7) is 1.93. The predicted octanol–water partition coefficient (Wildman–Crippen LogP) is 0.322. The Hall–Kier alpha value is 0.766. The van der Waals surface area contributed by atoms with Crippen LogP contribution in [0.25, 0.3) is 0 Å². The molecule has 0 atom stereocenters. The van der Waals surface area contributed by atoms with E-state index in [1.54, 1.807) is 6.92 Å². The molecule has 1 N–H and O–H groups in total. The number of aliphatic hydroxyl groups excluding tert-OH is 1. The van der Waals surface area contributed by atoms with Gasteiger partial charge in [0.2, 0.25) is 0 Å². The Kier molecular flexibility index (Phi) is 65.7. The standard InChI is InChI=1S/C2H6O.C2H.BrH.Mg/c1-2-3;1-2;;/h3H,2H2,1H3;1H;1H;/q;;;+2. The summed E-state index contributed by atoms with van der Waals surface area (Å²) in [5.41, 5.74) is 0. The van der Waals surface area contributed by atoms with E-state index in [0.717, 1.165) is 0 Å². The van der Waals surface area contributed by atoms with E-state index >= 15 is 0 Å². The van der Waals surface area contributed by atoms with E-state index in [-0.39, 0.29) is 23.6 Å². The van der Waals surface area contributed by atoms with Crippen LogP contribution in [0.2, 0.25) is 0 Å². The molecule has 0 saturated heterocycles. The van der Waals surface area contributed by atoms with E-state index in [0.29, 0.717) is 0 Å². The third-order valence-electron chi connectivity index (χ3n) is 0. The van der Waals surface area contributed by atoms with Crippen LogP contribution >= 0.6 is 17.0 Å². The maximum atomic E-state index is 7.57. The van der Waals surface area contributed by atoms with Crippen molar-refractivity contribution in [2.24, 2.45) is 0 Å². The molecule has 0 aromatic carbocycles. The molecule has 0 amide bonds. The summed E-state index contributed by atoms with van der Waals surface area (Å²) >= 11 is 1.50. The first-order valence-corrected chi connectivity index (χ1v) is 2.37. The molecule has 3 heteroatoms. The van der Waals surface area contributed by atoms with Crippen LogP contribution < -0.4 is 0 Å². The van der Waals surface area contributed by atoms with E-state index in [1.165, 1.54) is 21.7 Å². The number of terminal acetylenes is 1. The summed E-state index contributed by atoms with van der Waals surface area (Å²) in [7, 11) is 0. The lowest BCUT2D eigenvalue weighted by Crippen LogP contribution is -1.57. The first kappa shape index (κ1) is 15.7. The van der Waals surface area contributed by atoms with Gasteiger partial charge >= 0.3 is 25.8 Å². The number of rotatable bonds is 0. The van der Waals surface area contributed by atoms with E-state index in [2.05, 4.69) is 10.5 Å². The normalized spacial score (nSPS) is 3.71. The van der Waals surface area contributed by atoms with Crippen molar-refractivity contribution in [2.45, 2.75) is 6.92 Å². The van der Waals surface area contributed by atoms with Crippen molar-refractivity contribution in [3.63, 3.8) is 0 Å². The zero-order valence-electron chi connectivity index (χ0n) is 4.35. The first-order valence-electron chi connectivity index (χ1n) is 1.67. The van der Waals surface area contributed by atoms with Crippen LogP contribution in [0.1, 0.15) is 6.92 Å². The summed E-state index contributed by atoms with van der Waals surface area (Å²) in [5, 5.41) is 7.57. The van der Waals surface area contributed by atoms with Gasteiger partial charge in [0, 0.05) is 6.61 Å². The summed E-state index contributed by atoms with van der Waals surface area (Å²) in [4.78, 5) is 0. The van der Waals surface area contributed by atoms with Gasteiger partial charge in [-0.1, -0.05) is 0 Å². The van der Waals surface area contributed by atoms with Crippen LogP contribution in [0.3, 0.4) is 0 Å². The van der Waals surface area contributed by atoms with Gasteiger partial charge in [-0.3, -0.25) is 0 Å². The quantitative estimate of drug-likeness (QED) is 0.416. The average molecular weight is 176 g/mol. The van der Waals surface area contributed by atoms with Crippen LogP contribution in [0.5, 0.6) is 0 Å². The minimum Gasteiger partial charge on any atom is -0.397 e. The molecule has 0 rings (SSSR count). The third-order valence-corrected chi connectivity index (χ3v) is 0. The van der Waals surface area contributed by atoms with Crippen LogP contribution in [-0.2, 0) is 0 Å². The lowest BCUT2D eigenvalue weighted by Gasteiger charge is -1.52. The molecule has 0 spiro atoms. The highest BCUT2D eigenvalue weighted by Gasteiger charge is 2.15. The smallest absolute Gasteiger partial charge is 0.397 e. The molecular formula is C4H8BrMgO+2. The van der Waals surface area contributed by atoms with Crippen LogP contribution in [-0.4, -0.2) is 33.4 Å². The molecule has 37 valence electrons. The minimum atomic E-state index is 0. The van der Waals surface area contributed by atoms with Crippen LogP contribution in [0.4, 0.5) is 0 Å². The van der Waals surface area contributed by atoms with Crippen molar-refractivity contribution in [1.82, 2.24) is 0 Å². The fraction of sp³-hybridized carbons (Fsp3) is 0.500. The van der Waals surface area contributed by atoms with Crippen molar-refractivity contribution in [3.05, 3.63) is 0 Å². The zero-order valence-corrected chi connectivity index (χ0v) is 7.47. The Bertz CT molecular complexity index is 41.4. The van der Waals surface area contributed by atoms with Gasteiger partial charge in [0.15, 0.2) is 0 Å². The van der Waals surface area contributed by atoms with Gasteiger partial charge in [-0.2, -0.15) is 0 Å². The molecule has 0 saturated carbocycles. The van der Waals surface area contributed by atoms with Gasteiger partial charge in [-0.05, 0) is 13.3 Å². The van der Waals surface area contributed by atoms with Crippen molar-refractivity contribution >= 4 is 38.7 Å². The maximum Gasteiger partial charge on any atom is 1.54 e. The molecule has 0 aliphatic carbocycles. The monoisotopic (exact) mass is 175 g/mol. The van der Waals surface area contributed by atoms with Crippen LogP contribution in [0.15, 0.2) is 0 Å². The second-order valence-electron chi connectivity index (χ2n) is 0.520. The van der Waals surface area contributed by atoms with Gasteiger partial charge in [0.05, 0.1) is 0 Å². The molecule has 7 heavy (non-hydrogen) atoms. The maximum absolute atomic E-state index is 7.57. The highest BCUT2D eigenvalue weighted by Crippen LogP contribution is 1.30. The van der Waals surface area contributed by atoms with E-state index in [4.69, 9.17) is 5.11 Å². The van der Waals surface area contributed by atoms with Crippen molar-refractivity contribution in [1.29, 1.82) is 0 Å². The molecule has 0 fully saturated rings. The molecule has 0 aliphatic rings. The zero-order chi connectivity index (χ0) is 5.41. The molecule has 0 aliphatic heterocycles. The molecule has 1 nitrogen and oxygen atoms in total. The van der Waals surface area contributed by atoms with Gasteiger partial charge in [0.1, 0.15) is 0 Å². The highest BCUT2D eigenvalue weighted by molar-refractivity contribution is 8.93. The summed E-state index contributed by atoms with van der Waals surface area (Å²) in [5.74, 6) is 0. The van der Waals surface area contributed by atoms with E-state index in [1.807, 2.05) is 0 Å². The molecule has 0 aromatic rings. The number of aliphatic hydroxyl groups is 1. The van der Waals surface area contributed by atoms with Gasteiger partial charge in [-0.25, -0.2) is 0 Å². The fourth-order valence-electron chi connectivity index (χ4n) is 0. The first-order chi connectivity index (χ1) is 2.83. The second-order valence-corrected chi connectivity index (χ2v) is 0.929. The lowest BCUT2D eigenvalue weighted by molar-refractivity contribution is 0.318. The Morgan fingerprint density at radius 1 is 1.86 bits per heavy atom. The Labute approximate surface area is 67.7 Å². The second kappa shape index (κ2) is 29.4. The van der Waals surface area contributed by atoms with Gasteiger partial charge in [-0.15, -0.1) is 17.0 Å². The largest absolute Gasteiger partial charge is 1.54 e. The van der Waals surface area contributed by atoms with E-state index < -0.39 is 0 Å². The molecule has 0 bridgehead atoms. The molecule has 7 radical (unpaired) electrons. The van der Waals surface area contributed by atoms with Crippen molar-refractivity contribution in [2.75, 3.05) is 6.61 Å². The van der Waals surface area contributed by atoms with E-state index in [9.17, 15) is 0 Å². The SMILES string of the molecule is Br.C#[C][Mg+2].CCO. The lowest BCUT2D eigenvalue weighted by atomic mass is 10.9. The Morgan fingerprint density at radius 2 is 1.86 bits per heavy atom.